The smallest absolute Gasteiger partial charge is 0.160 e. The van der Waals surface area contributed by atoms with Gasteiger partial charge >= 0.3 is 0 Å². The first-order valence-corrected chi connectivity index (χ1v) is 22.4. The van der Waals surface area contributed by atoms with Gasteiger partial charge in [-0.2, -0.15) is 0 Å². The summed E-state index contributed by atoms with van der Waals surface area (Å²) in [4.78, 5) is 10.4. The highest BCUT2D eigenvalue weighted by molar-refractivity contribution is 5.79. The van der Waals surface area contributed by atoms with Crippen LogP contribution in [0.25, 0.3) is 101 Å². The second kappa shape index (κ2) is 18.8. The summed E-state index contributed by atoms with van der Waals surface area (Å²) in [5.41, 5.74) is 20.0. The van der Waals surface area contributed by atoms with Crippen molar-refractivity contribution >= 4 is 0 Å². The molecule has 0 N–H and O–H groups in total. The van der Waals surface area contributed by atoms with Gasteiger partial charge in [-0.15, -0.1) is 0 Å². The second-order valence-electron chi connectivity index (χ2n) is 16.4. The van der Waals surface area contributed by atoms with Gasteiger partial charge in [-0.1, -0.05) is 201 Å². The lowest BCUT2D eigenvalue weighted by molar-refractivity contribution is 0.415. The van der Waals surface area contributed by atoms with E-state index in [1.54, 1.807) is 14.2 Å². The van der Waals surface area contributed by atoms with Crippen LogP contribution in [0.5, 0.6) is 11.5 Å². The van der Waals surface area contributed by atoms with Crippen molar-refractivity contribution in [2.75, 3.05) is 14.2 Å². The predicted molar refractivity (Wildman–Crippen MR) is 273 cm³/mol. The standard InChI is InChI=1S/C62H48N2O2/c1-4-42-5-7-43(8-6-42)44-9-11-47(12-10-44)52-25-31-57(32-26-52)62-63-60(55-27-21-50(22-28-55)45-13-17-48(18-14-45)53-33-37-58(65-2)38-34-53)41-61(64-62)56-29-23-51(24-30-56)46-15-19-49(20-16-46)54-35-39-59(66-3)40-36-54/h5-41H,4H2,1-3H3. The van der Waals surface area contributed by atoms with Crippen LogP contribution in [0.3, 0.4) is 0 Å². The summed E-state index contributed by atoms with van der Waals surface area (Å²) >= 11 is 0. The molecule has 10 rings (SSSR count). The SMILES string of the molecule is CCc1ccc(-c2ccc(-c3ccc(-c4nc(-c5ccc(-c6ccc(-c7ccc(OC)cc7)cc6)cc5)cc(-c5ccc(-c6ccc(-c7ccc(OC)cc7)cc6)cc5)n4)cc3)cc2)cc1. The molecule has 0 aliphatic carbocycles. The first-order chi connectivity index (χ1) is 32.5. The van der Waals surface area contributed by atoms with E-state index in [0.29, 0.717) is 5.82 Å². The summed E-state index contributed by atoms with van der Waals surface area (Å²) in [6.07, 6.45) is 1.04. The van der Waals surface area contributed by atoms with Gasteiger partial charge in [-0.05, 0) is 109 Å². The maximum atomic E-state index is 5.35. The van der Waals surface area contributed by atoms with Gasteiger partial charge in [0, 0.05) is 16.7 Å². The zero-order valence-corrected chi connectivity index (χ0v) is 37.3. The minimum absolute atomic E-state index is 0.677. The zero-order chi connectivity index (χ0) is 44.8. The normalized spacial score (nSPS) is 11.0. The van der Waals surface area contributed by atoms with E-state index >= 15 is 0 Å². The van der Waals surface area contributed by atoms with Crippen LogP contribution >= 0.6 is 0 Å². The number of aryl methyl sites for hydroxylation is 1. The molecular formula is C62H48N2O2. The van der Waals surface area contributed by atoms with Gasteiger partial charge in [0.05, 0.1) is 25.6 Å². The molecule has 0 amide bonds. The van der Waals surface area contributed by atoms with Crippen molar-refractivity contribution in [3.63, 3.8) is 0 Å². The van der Waals surface area contributed by atoms with Crippen LogP contribution in [-0.4, -0.2) is 24.2 Å². The average molecular weight is 853 g/mol. The molecule has 66 heavy (non-hydrogen) atoms. The molecule has 0 saturated heterocycles. The van der Waals surface area contributed by atoms with E-state index in [1.165, 1.54) is 16.7 Å². The summed E-state index contributed by atoms with van der Waals surface area (Å²) in [7, 11) is 3.38. The van der Waals surface area contributed by atoms with Gasteiger partial charge in [0.1, 0.15) is 11.5 Å². The molecule has 4 heteroatoms. The highest BCUT2D eigenvalue weighted by Crippen LogP contribution is 2.34. The molecule has 1 aromatic heterocycles. The fraction of sp³-hybridized carbons (Fsp3) is 0.0645. The van der Waals surface area contributed by atoms with Crippen molar-refractivity contribution in [3.8, 4) is 112 Å². The lowest BCUT2D eigenvalue weighted by Crippen LogP contribution is -1.96. The van der Waals surface area contributed by atoms with E-state index in [4.69, 9.17) is 19.4 Å². The highest BCUT2D eigenvalue weighted by Gasteiger charge is 2.13. The Balaban J connectivity index is 0.939. The van der Waals surface area contributed by atoms with Gasteiger partial charge in [0.25, 0.3) is 0 Å². The molecule has 10 aromatic rings. The van der Waals surface area contributed by atoms with Crippen LogP contribution in [0.4, 0.5) is 0 Å². The molecule has 0 saturated carbocycles. The molecule has 318 valence electrons. The number of hydrogen-bond acceptors (Lipinski definition) is 4. The number of hydrogen-bond donors (Lipinski definition) is 0. The summed E-state index contributed by atoms with van der Waals surface area (Å²) in [5, 5.41) is 0. The third-order valence-corrected chi connectivity index (χ3v) is 12.4. The predicted octanol–water partition coefficient (Wildman–Crippen LogP) is 16.1. The Bertz CT molecular complexity index is 2830. The number of ether oxygens (including phenoxy) is 2. The van der Waals surface area contributed by atoms with Crippen LogP contribution in [0.1, 0.15) is 12.5 Å². The molecule has 0 aliphatic heterocycles. The number of aromatic nitrogens is 2. The topological polar surface area (TPSA) is 44.2 Å². The van der Waals surface area contributed by atoms with Gasteiger partial charge in [-0.3, -0.25) is 0 Å². The number of methoxy groups -OCH3 is 2. The summed E-state index contributed by atoms with van der Waals surface area (Å²) in [5.74, 6) is 2.38. The van der Waals surface area contributed by atoms with Crippen molar-refractivity contribution in [3.05, 3.63) is 230 Å². The monoisotopic (exact) mass is 852 g/mol. The van der Waals surface area contributed by atoms with Crippen LogP contribution in [0, 0.1) is 0 Å². The first-order valence-electron chi connectivity index (χ1n) is 22.4. The second-order valence-corrected chi connectivity index (χ2v) is 16.4. The average Bonchev–Trinajstić information content (AvgIpc) is 3.41. The summed E-state index contributed by atoms with van der Waals surface area (Å²) in [6, 6.07) is 79.4. The van der Waals surface area contributed by atoms with E-state index in [2.05, 4.69) is 207 Å². The molecule has 0 bridgehead atoms. The fourth-order valence-corrected chi connectivity index (χ4v) is 8.42. The number of rotatable bonds is 12. The Morgan fingerprint density at radius 2 is 0.485 bits per heavy atom. The van der Waals surface area contributed by atoms with Crippen LogP contribution in [0.2, 0.25) is 0 Å². The third kappa shape index (κ3) is 9.04. The van der Waals surface area contributed by atoms with E-state index in [-0.39, 0.29) is 0 Å². The van der Waals surface area contributed by atoms with Gasteiger partial charge in [0.15, 0.2) is 5.82 Å². The van der Waals surface area contributed by atoms with Crippen LogP contribution < -0.4 is 9.47 Å². The minimum Gasteiger partial charge on any atom is -0.497 e. The summed E-state index contributed by atoms with van der Waals surface area (Å²) in [6.45, 7) is 2.19. The molecule has 9 aromatic carbocycles. The molecule has 1 heterocycles. The molecule has 0 aliphatic rings. The van der Waals surface area contributed by atoms with Crippen molar-refractivity contribution in [1.82, 2.24) is 9.97 Å². The van der Waals surface area contributed by atoms with E-state index in [0.717, 1.165) is 102 Å². The van der Waals surface area contributed by atoms with Crippen LogP contribution in [0.15, 0.2) is 224 Å². The Labute approximate surface area is 387 Å². The Hall–Kier alpha value is -8.34. The lowest BCUT2D eigenvalue weighted by Gasteiger charge is -2.12. The maximum Gasteiger partial charge on any atom is 0.160 e. The largest absolute Gasteiger partial charge is 0.497 e. The molecule has 0 unspecified atom stereocenters. The Kier molecular flexibility index (Phi) is 11.9. The quantitative estimate of drug-likeness (QED) is 0.123. The van der Waals surface area contributed by atoms with Gasteiger partial charge < -0.3 is 9.47 Å². The Morgan fingerprint density at radius 3 is 0.727 bits per heavy atom. The maximum absolute atomic E-state index is 5.35. The molecule has 0 spiro atoms. The first kappa shape index (κ1) is 41.7. The van der Waals surface area contributed by atoms with Crippen molar-refractivity contribution in [2.45, 2.75) is 13.3 Å². The highest BCUT2D eigenvalue weighted by atomic mass is 16.5. The minimum atomic E-state index is 0.677. The van der Waals surface area contributed by atoms with Crippen molar-refractivity contribution in [2.24, 2.45) is 0 Å². The van der Waals surface area contributed by atoms with Crippen molar-refractivity contribution < 1.29 is 9.47 Å². The molecule has 4 nitrogen and oxygen atoms in total. The molecule has 0 radical (unpaired) electrons. The van der Waals surface area contributed by atoms with Gasteiger partial charge in [-0.25, -0.2) is 9.97 Å². The molecule has 0 fully saturated rings. The zero-order valence-electron chi connectivity index (χ0n) is 37.3. The number of nitrogens with zero attached hydrogens (tertiary/aromatic N) is 2. The van der Waals surface area contributed by atoms with E-state index in [1.807, 2.05) is 24.3 Å². The molecule has 0 atom stereocenters. The van der Waals surface area contributed by atoms with Gasteiger partial charge in [0.2, 0.25) is 0 Å². The Morgan fingerprint density at radius 1 is 0.273 bits per heavy atom. The van der Waals surface area contributed by atoms with E-state index < -0.39 is 0 Å². The van der Waals surface area contributed by atoms with Crippen molar-refractivity contribution in [1.29, 1.82) is 0 Å². The van der Waals surface area contributed by atoms with Crippen LogP contribution in [-0.2, 0) is 6.42 Å². The fourth-order valence-electron chi connectivity index (χ4n) is 8.42. The number of benzene rings is 9. The third-order valence-electron chi connectivity index (χ3n) is 12.4. The van der Waals surface area contributed by atoms with E-state index in [9.17, 15) is 0 Å². The summed E-state index contributed by atoms with van der Waals surface area (Å²) < 4.78 is 10.7. The molecular weight excluding hydrogens is 805 g/mol. The lowest BCUT2D eigenvalue weighted by atomic mass is 9.97.